The predicted octanol–water partition coefficient (Wildman–Crippen LogP) is -0.134. The molecule has 9 heavy (non-hydrogen) atoms. The fourth-order valence-corrected chi connectivity index (χ4v) is 0.245. The van der Waals surface area contributed by atoms with Gasteiger partial charge in [-0.05, 0) is 13.0 Å². The van der Waals surface area contributed by atoms with E-state index in [-0.39, 0.29) is 22.4 Å². The molecule has 0 bridgehead atoms. The van der Waals surface area contributed by atoms with Crippen LogP contribution in [0.1, 0.15) is 6.92 Å². The van der Waals surface area contributed by atoms with Crippen LogP contribution in [0.5, 0.6) is 0 Å². The fraction of sp³-hybridized carbons (Fsp3) is 0.167. The Morgan fingerprint density at radius 3 is 2.33 bits per heavy atom. The van der Waals surface area contributed by atoms with Gasteiger partial charge in [0.25, 0.3) is 0 Å². The van der Waals surface area contributed by atoms with Crippen molar-refractivity contribution in [2.45, 2.75) is 6.92 Å². The van der Waals surface area contributed by atoms with E-state index in [4.69, 9.17) is 0 Å². The number of carbonyl (C=O) groups excluding carboxylic acids is 1. The Hall–Kier alpha value is -0.310. The van der Waals surface area contributed by atoms with Gasteiger partial charge >= 0.3 is 22.4 Å². The van der Waals surface area contributed by atoms with Crippen molar-refractivity contribution in [3.05, 3.63) is 24.3 Å². The molecule has 3 heteroatoms. The molecule has 2 nitrogen and oxygen atoms in total. The molecule has 0 fully saturated rings. The average Bonchev–Trinajstić information content (AvgIpc) is 1.66. The maximum atomic E-state index is 9.64. The second kappa shape index (κ2) is 7.69. The summed E-state index contributed by atoms with van der Waals surface area (Å²) in [6.45, 7) is 1.81. The molecule has 0 aromatic carbocycles. The fourth-order valence-electron chi connectivity index (χ4n) is 0.245. The van der Waals surface area contributed by atoms with Gasteiger partial charge in [0, 0.05) is 0 Å². The molecule has 0 amide bonds. The van der Waals surface area contributed by atoms with Crippen molar-refractivity contribution in [1.29, 1.82) is 0 Å². The van der Waals surface area contributed by atoms with Crippen LogP contribution in [0, 0.1) is 0 Å². The van der Waals surface area contributed by atoms with E-state index in [1.54, 1.807) is 19.1 Å². The summed E-state index contributed by atoms with van der Waals surface area (Å²) in [4.78, 5) is 9.64. The smallest absolute Gasteiger partial charge is 0.545 e. The number of carboxylic acids is 1. The Morgan fingerprint density at radius 2 is 2.00 bits per heavy atom. The number of hydrogen-bond acceptors (Lipinski definition) is 2. The van der Waals surface area contributed by atoms with Crippen molar-refractivity contribution in [1.82, 2.24) is 0 Å². The molecule has 0 aromatic heterocycles. The Balaban J connectivity index is 0. The molecule has 0 aliphatic heterocycles. The molecule has 0 aliphatic carbocycles. The molecule has 0 heterocycles. The van der Waals surface area contributed by atoms with Crippen LogP contribution in [0.3, 0.4) is 0 Å². The maximum absolute atomic E-state index is 9.64. The van der Waals surface area contributed by atoms with E-state index in [2.05, 4.69) is 0 Å². The summed E-state index contributed by atoms with van der Waals surface area (Å²) in [5.74, 6) is -1.16. The molecule has 0 aliphatic rings. The second-order valence-electron chi connectivity index (χ2n) is 1.20. The summed E-state index contributed by atoms with van der Waals surface area (Å²) in [5, 5.41) is 9.64. The topological polar surface area (TPSA) is 40.1 Å². The number of rotatable bonds is 2. The van der Waals surface area contributed by atoms with E-state index >= 15 is 0 Å². The van der Waals surface area contributed by atoms with Crippen LogP contribution in [0.4, 0.5) is 0 Å². The number of carboxylic acid groups (broad SMARTS) is 1. The molecule has 0 atom stereocenters. The minimum atomic E-state index is -1.16. The van der Waals surface area contributed by atoms with E-state index in [9.17, 15) is 9.90 Å². The molecule has 0 unspecified atom stereocenters. The summed E-state index contributed by atoms with van der Waals surface area (Å²) in [5.41, 5.74) is 0. The molecule has 54 valence electrons. The summed E-state index contributed by atoms with van der Waals surface area (Å²) in [7, 11) is 0. The second-order valence-corrected chi connectivity index (χ2v) is 1.20. The van der Waals surface area contributed by atoms with Gasteiger partial charge in [0.1, 0.15) is 0 Å². The van der Waals surface area contributed by atoms with Crippen molar-refractivity contribution in [2.24, 2.45) is 0 Å². The maximum Gasteiger partial charge on any atom is 1.00 e. The zero-order valence-corrected chi connectivity index (χ0v) is 6.41. The summed E-state index contributed by atoms with van der Waals surface area (Å²) < 4.78 is 0. The van der Waals surface area contributed by atoms with Crippen LogP contribution >= 0.6 is 0 Å². The van der Waals surface area contributed by atoms with Crippen molar-refractivity contribution < 1.29 is 32.3 Å². The predicted molar refractivity (Wildman–Crippen MR) is 29.0 cm³/mol. The first-order chi connectivity index (χ1) is 3.77. The van der Waals surface area contributed by atoms with Crippen LogP contribution < -0.4 is 5.11 Å². The normalized spacial score (nSPS) is 9.89. The number of allylic oxidation sites excluding steroid dienone is 3. The SMILES string of the molecule is C/C=C/C=C/C(=O)[O-].[Ag+]. The van der Waals surface area contributed by atoms with Crippen molar-refractivity contribution >= 4 is 5.97 Å². The van der Waals surface area contributed by atoms with Gasteiger partial charge in [0.05, 0.1) is 5.97 Å². The first-order valence-electron chi connectivity index (χ1n) is 2.27. The van der Waals surface area contributed by atoms with Gasteiger partial charge in [-0.15, -0.1) is 0 Å². The van der Waals surface area contributed by atoms with Crippen molar-refractivity contribution in [3.8, 4) is 0 Å². The Labute approximate surface area is 69.8 Å². The van der Waals surface area contributed by atoms with Crippen LogP contribution in [-0.2, 0) is 27.2 Å². The zero-order valence-electron chi connectivity index (χ0n) is 4.93. The summed E-state index contributed by atoms with van der Waals surface area (Å²) in [6, 6.07) is 0. The largest absolute Gasteiger partial charge is 1.00 e. The molecule has 0 aromatic rings. The number of hydrogen-bond donors (Lipinski definition) is 0. The zero-order chi connectivity index (χ0) is 6.41. The quantitative estimate of drug-likeness (QED) is 0.368. The first kappa shape index (κ1) is 11.5. The molecule has 0 radical (unpaired) electrons. The number of aliphatic carboxylic acids is 1. The molecule has 0 rings (SSSR count). The third-order valence-electron chi connectivity index (χ3n) is 0.536. The molecular weight excluding hydrogens is 212 g/mol. The van der Waals surface area contributed by atoms with E-state index in [1.165, 1.54) is 6.08 Å². The first-order valence-corrected chi connectivity index (χ1v) is 2.27. The van der Waals surface area contributed by atoms with Crippen LogP contribution in [0.2, 0.25) is 0 Å². The van der Waals surface area contributed by atoms with E-state index in [0.29, 0.717) is 0 Å². The molecule has 0 spiro atoms. The number of carbonyl (C=O) groups is 1. The minimum absolute atomic E-state index is 0. The van der Waals surface area contributed by atoms with Gasteiger partial charge in [-0.25, -0.2) is 0 Å². The molecular formula is C6H7AgO2. The average molecular weight is 219 g/mol. The molecule has 0 N–H and O–H groups in total. The summed E-state index contributed by atoms with van der Waals surface area (Å²) >= 11 is 0. The summed E-state index contributed by atoms with van der Waals surface area (Å²) in [6.07, 6.45) is 5.74. The van der Waals surface area contributed by atoms with Crippen LogP contribution in [-0.4, -0.2) is 5.97 Å². The minimum Gasteiger partial charge on any atom is -0.545 e. The van der Waals surface area contributed by atoms with Crippen LogP contribution in [0.15, 0.2) is 24.3 Å². The van der Waals surface area contributed by atoms with Gasteiger partial charge in [0.15, 0.2) is 0 Å². The van der Waals surface area contributed by atoms with Crippen molar-refractivity contribution in [2.75, 3.05) is 0 Å². The van der Waals surface area contributed by atoms with E-state index in [1.807, 2.05) is 0 Å². The Morgan fingerprint density at radius 1 is 1.44 bits per heavy atom. The molecule has 0 saturated carbocycles. The van der Waals surface area contributed by atoms with Gasteiger partial charge in [-0.3, -0.25) is 0 Å². The van der Waals surface area contributed by atoms with Crippen LogP contribution in [0.25, 0.3) is 0 Å². The molecule has 0 saturated heterocycles. The van der Waals surface area contributed by atoms with Gasteiger partial charge in [0.2, 0.25) is 0 Å². The van der Waals surface area contributed by atoms with Gasteiger partial charge in [-0.1, -0.05) is 18.2 Å². The Bertz CT molecular complexity index is 127. The third kappa shape index (κ3) is 11.3. The standard InChI is InChI=1S/C6H8O2.Ag/c1-2-3-4-5-6(7)8;/h2-5H,1H3,(H,7,8);/q;+1/p-1/b3-2+,5-4+;. The third-order valence-corrected chi connectivity index (χ3v) is 0.536. The monoisotopic (exact) mass is 218 g/mol. The van der Waals surface area contributed by atoms with E-state index < -0.39 is 5.97 Å². The van der Waals surface area contributed by atoms with Gasteiger partial charge in [-0.2, -0.15) is 0 Å². The Kier molecular flexibility index (Phi) is 9.81. The van der Waals surface area contributed by atoms with Gasteiger partial charge < -0.3 is 9.90 Å². The van der Waals surface area contributed by atoms with Crippen molar-refractivity contribution in [3.63, 3.8) is 0 Å². The van der Waals surface area contributed by atoms with E-state index in [0.717, 1.165) is 6.08 Å².